The Kier molecular flexibility index (Phi) is 13.0. The highest BCUT2D eigenvalue weighted by Crippen LogP contribution is 2.44. The van der Waals surface area contributed by atoms with E-state index in [1.165, 1.54) is 6.20 Å². The smallest absolute Gasteiger partial charge is 0.320 e. The Morgan fingerprint density at radius 1 is 1.09 bits per heavy atom. The summed E-state index contributed by atoms with van der Waals surface area (Å²) in [5.74, 6) is 0.635. The van der Waals surface area contributed by atoms with E-state index >= 15 is 0 Å². The van der Waals surface area contributed by atoms with Crippen molar-refractivity contribution in [1.82, 2.24) is 14.8 Å². The van der Waals surface area contributed by atoms with E-state index in [4.69, 9.17) is 37.4 Å². The predicted octanol–water partition coefficient (Wildman–Crippen LogP) is 7.11. The molecular formula is C41H46Cl2N4O6. The van der Waals surface area contributed by atoms with Crippen LogP contribution in [0.15, 0.2) is 73.1 Å². The third-order valence-corrected chi connectivity index (χ3v) is 11.0. The van der Waals surface area contributed by atoms with Crippen LogP contribution in [0.1, 0.15) is 61.3 Å². The summed E-state index contributed by atoms with van der Waals surface area (Å²) in [5.41, 5.74) is 3.79. The van der Waals surface area contributed by atoms with Crippen LogP contribution in [-0.4, -0.2) is 87.4 Å². The number of aliphatic hydroxyl groups is 1. The summed E-state index contributed by atoms with van der Waals surface area (Å²) in [5, 5.41) is 29.4. The summed E-state index contributed by atoms with van der Waals surface area (Å²) in [6.45, 7) is 6.48. The number of likely N-dealkylation sites (tertiary alicyclic amines) is 2. The molecule has 0 saturated carbocycles. The molecule has 6 rings (SSSR count). The third kappa shape index (κ3) is 9.91. The Morgan fingerprint density at radius 2 is 1.96 bits per heavy atom. The highest BCUT2D eigenvalue weighted by Gasteiger charge is 2.37. The quantitative estimate of drug-likeness (QED) is 0.122. The Labute approximate surface area is 321 Å². The molecule has 2 unspecified atom stereocenters. The Bertz CT molecular complexity index is 1860. The first-order valence-corrected chi connectivity index (χ1v) is 19.0. The fourth-order valence-corrected chi connectivity index (χ4v) is 7.81. The average Bonchev–Trinajstić information content (AvgIpc) is 3.57. The molecule has 12 heteroatoms. The number of rotatable bonds is 15. The van der Waals surface area contributed by atoms with Crippen molar-refractivity contribution in [3.05, 3.63) is 100 Å². The standard InChI is InChI=1S/C41H46Cl2N4O6/c1-41(43)32(8-5-10-35(41)30-7-4-9-34(18-30)51-16-6-13-46-15-12-33(48)25-46)27-53-39-20-38(52-26-29-17-28(21-44)22-45-23-29)31(19-36(39)42)24-47-14-3-2-11-37(47)40(49)50/h4-5,7-10,17-20,22-23,32-33,37,48H,2-3,6,11-16,24-27H2,1H3,(H,49,50)/t32?,33-,37+,41?/m1/s1. The number of hydrogen-bond donors (Lipinski definition) is 2. The molecule has 0 bridgehead atoms. The van der Waals surface area contributed by atoms with Gasteiger partial charge in [-0.25, -0.2) is 0 Å². The van der Waals surface area contributed by atoms with Crippen LogP contribution in [0.25, 0.3) is 5.57 Å². The van der Waals surface area contributed by atoms with Crippen LogP contribution in [0.2, 0.25) is 5.02 Å². The minimum absolute atomic E-state index is 0.142. The second kappa shape index (κ2) is 17.8. The van der Waals surface area contributed by atoms with E-state index in [1.54, 1.807) is 24.4 Å². The van der Waals surface area contributed by atoms with Gasteiger partial charge in [0.05, 0.1) is 34.8 Å². The molecule has 4 atom stereocenters. The Morgan fingerprint density at radius 3 is 2.75 bits per heavy atom. The van der Waals surface area contributed by atoms with Crippen LogP contribution in [-0.2, 0) is 17.9 Å². The average molecular weight is 762 g/mol. The minimum atomic E-state index is -0.843. The molecule has 10 nitrogen and oxygen atoms in total. The highest BCUT2D eigenvalue weighted by atomic mass is 35.5. The molecule has 0 spiro atoms. The van der Waals surface area contributed by atoms with Crippen molar-refractivity contribution in [2.24, 2.45) is 5.92 Å². The lowest BCUT2D eigenvalue weighted by atomic mass is 9.80. The number of hydrogen-bond acceptors (Lipinski definition) is 9. The SMILES string of the molecule is CC1(Cl)C(c2cccc(OCCCN3CC[C@@H](O)C3)c2)=CC=CC1COc1cc(OCc2cncc(C#N)c2)c(CN2CCCC[C@H]2C(=O)O)cc1Cl. The van der Waals surface area contributed by atoms with Crippen LogP contribution < -0.4 is 14.2 Å². The number of pyridine rings is 1. The molecule has 3 aromatic rings. The predicted molar refractivity (Wildman–Crippen MR) is 204 cm³/mol. The summed E-state index contributed by atoms with van der Waals surface area (Å²) in [7, 11) is 0. The van der Waals surface area contributed by atoms with Crippen LogP contribution >= 0.6 is 23.2 Å². The number of aliphatic hydroxyl groups excluding tert-OH is 1. The van der Waals surface area contributed by atoms with Gasteiger partial charge in [-0.15, -0.1) is 11.6 Å². The van der Waals surface area contributed by atoms with Gasteiger partial charge in [-0.05, 0) is 74.6 Å². The van der Waals surface area contributed by atoms with Crippen molar-refractivity contribution < 1.29 is 29.2 Å². The molecule has 2 aliphatic heterocycles. The fourth-order valence-electron chi connectivity index (χ4n) is 7.26. The number of aliphatic carboxylic acids is 1. The summed E-state index contributed by atoms with van der Waals surface area (Å²) >= 11 is 14.2. The molecule has 2 saturated heterocycles. The first-order chi connectivity index (χ1) is 25.6. The molecule has 2 N–H and O–H groups in total. The number of halogens is 2. The number of β-amino-alcohol motifs (C(OH)–C–C–N with tert-alkyl or cyclic N) is 1. The molecule has 1 aliphatic carbocycles. The van der Waals surface area contributed by atoms with E-state index in [0.29, 0.717) is 48.2 Å². The number of benzene rings is 2. The van der Waals surface area contributed by atoms with Crippen molar-refractivity contribution in [3.8, 4) is 23.3 Å². The molecule has 0 radical (unpaired) electrons. The highest BCUT2D eigenvalue weighted by molar-refractivity contribution is 6.32. The number of nitrogens with zero attached hydrogens (tertiary/aromatic N) is 4. The van der Waals surface area contributed by atoms with Gasteiger partial charge in [-0.1, -0.05) is 48.4 Å². The molecule has 2 fully saturated rings. The number of aromatic nitrogens is 1. The molecular weight excluding hydrogens is 715 g/mol. The molecule has 2 aromatic carbocycles. The summed E-state index contributed by atoms with van der Waals surface area (Å²) in [6, 6.07) is 14.7. The molecule has 3 aliphatic rings. The second-order valence-corrected chi connectivity index (χ2v) is 15.3. The zero-order valence-corrected chi connectivity index (χ0v) is 31.4. The maximum atomic E-state index is 12.1. The number of allylic oxidation sites excluding steroid dienone is 3. The van der Waals surface area contributed by atoms with E-state index in [-0.39, 0.29) is 25.2 Å². The number of piperidine rings is 1. The number of nitriles is 1. The molecule has 53 heavy (non-hydrogen) atoms. The van der Waals surface area contributed by atoms with E-state index in [0.717, 1.165) is 73.3 Å². The van der Waals surface area contributed by atoms with E-state index in [1.807, 2.05) is 54.3 Å². The number of alkyl halides is 1. The van der Waals surface area contributed by atoms with Gasteiger partial charge in [0.1, 0.15) is 36.0 Å². The van der Waals surface area contributed by atoms with Gasteiger partial charge in [-0.2, -0.15) is 5.26 Å². The topological polar surface area (TPSA) is 128 Å². The lowest BCUT2D eigenvalue weighted by Gasteiger charge is -2.35. The first-order valence-electron chi connectivity index (χ1n) is 18.2. The van der Waals surface area contributed by atoms with Gasteiger partial charge in [0.2, 0.25) is 0 Å². The summed E-state index contributed by atoms with van der Waals surface area (Å²) in [4.78, 5) is 19.6. The number of carbonyl (C=O) groups is 1. The maximum Gasteiger partial charge on any atom is 0.320 e. The largest absolute Gasteiger partial charge is 0.494 e. The van der Waals surface area contributed by atoms with Gasteiger partial charge >= 0.3 is 5.97 Å². The zero-order chi connectivity index (χ0) is 37.4. The molecule has 280 valence electrons. The third-order valence-electron chi connectivity index (χ3n) is 10.2. The fraction of sp³-hybridized carbons (Fsp3) is 0.439. The summed E-state index contributed by atoms with van der Waals surface area (Å²) in [6.07, 6.45) is 13.0. The van der Waals surface area contributed by atoms with Crippen molar-refractivity contribution >= 4 is 34.7 Å². The first kappa shape index (κ1) is 38.6. The van der Waals surface area contributed by atoms with Crippen LogP contribution in [0.4, 0.5) is 0 Å². The van der Waals surface area contributed by atoms with Crippen LogP contribution in [0.5, 0.6) is 17.2 Å². The Balaban J connectivity index is 1.14. The zero-order valence-electron chi connectivity index (χ0n) is 29.9. The van der Waals surface area contributed by atoms with Gasteiger partial charge in [0.15, 0.2) is 0 Å². The normalized spacial score (nSPS) is 23.3. The van der Waals surface area contributed by atoms with Crippen molar-refractivity contribution in [1.29, 1.82) is 5.26 Å². The summed E-state index contributed by atoms with van der Waals surface area (Å²) < 4.78 is 18.8. The lowest BCUT2D eigenvalue weighted by molar-refractivity contribution is -0.144. The van der Waals surface area contributed by atoms with Gasteiger partial charge in [0, 0.05) is 61.7 Å². The van der Waals surface area contributed by atoms with Crippen molar-refractivity contribution in [3.63, 3.8) is 0 Å². The van der Waals surface area contributed by atoms with Crippen LogP contribution in [0, 0.1) is 17.2 Å². The van der Waals surface area contributed by atoms with Gasteiger partial charge in [0.25, 0.3) is 0 Å². The molecule has 1 aromatic heterocycles. The van der Waals surface area contributed by atoms with Crippen LogP contribution in [0.3, 0.4) is 0 Å². The van der Waals surface area contributed by atoms with Crippen molar-refractivity contribution in [2.45, 2.75) is 69.2 Å². The van der Waals surface area contributed by atoms with E-state index in [2.05, 4.69) is 16.0 Å². The second-order valence-electron chi connectivity index (χ2n) is 14.1. The minimum Gasteiger partial charge on any atom is -0.494 e. The van der Waals surface area contributed by atoms with Gasteiger partial charge < -0.3 is 29.3 Å². The Hall–Kier alpha value is -4.11. The lowest BCUT2D eigenvalue weighted by Crippen LogP contribution is -2.44. The van der Waals surface area contributed by atoms with E-state index in [9.17, 15) is 20.3 Å². The number of carboxylic acids is 1. The van der Waals surface area contributed by atoms with E-state index < -0.39 is 16.9 Å². The van der Waals surface area contributed by atoms with Crippen molar-refractivity contribution in [2.75, 3.05) is 39.4 Å². The molecule has 0 amide bonds. The molecule has 3 heterocycles. The maximum absolute atomic E-state index is 12.1. The number of ether oxygens (including phenoxy) is 3. The monoisotopic (exact) mass is 760 g/mol. The number of carboxylic acid groups (broad SMARTS) is 1. The van der Waals surface area contributed by atoms with Gasteiger partial charge in [-0.3, -0.25) is 14.7 Å².